The van der Waals surface area contributed by atoms with Gasteiger partial charge in [-0.1, -0.05) is 13.8 Å². The predicted octanol–water partition coefficient (Wildman–Crippen LogP) is 0.385. The first kappa shape index (κ1) is 14.3. The van der Waals surface area contributed by atoms with Gasteiger partial charge in [0.25, 0.3) is 0 Å². The average molecular weight is 261 g/mol. The summed E-state index contributed by atoms with van der Waals surface area (Å²) in [6.45, 7) is 6.95. The number of rotatable bonds is 6. The summed E-state index contributed by atoms with van der Waals surface area (Å²) in [5.41, 5.74) is 0. The molecule has 2 atom stereocenters. The maximum Gasteiger partial charge on any atom is 0.191 e. The molecule has 2 unspecified atom stereocenters. The molecule has 0 aromatic rings. The van der Waals surface area contributed by atoms with E-state index in [1.54, 1.807) is 6.92 Å². The van der Waals surface area contributed by atoms with Gasteiger partial charge in [-0.05, 0) is 19.3 Å². The van der Waals surface area contributed by atoms with Gasteiger partial charge < -0.3 is 10.6 Å². The van der Waals surface area contributed by atoms with E-state index >= 15 is 0 Å². The lowest BCUT2D eigenvalue weighted by Gasteiger charge is -2.10. The number of aliphatic imine (C=N–C) groups is 1. The van der Waals surface area contributed by atoms with Crippen LogP contribution in [-0.4, -0.2) is 45.0 Å². The van der Waals surface area contributed by atoms with Crippen molar-refractivity contribution < 1.29 is 8.42 Å². The highest BCUT2D eigenvalue weighted by molar-refractivity contribution is 7.91. The van der Waals surface area contributed by atoms with E-state index in [1.807, 2.05) is 6.92 Å². The van der Waals surface area contributed by atoms with Crippen LogP contribution in [0.25, 0.3) is 0 Å². The molecular formula is C11H23N3O2S. The topological polar surface area (TPSA) is 70.6 Å². The Morgan fingerprint density at radius 2 is 2.06 bits per heavy atom. The van der Waals surface area contributed by atoms with Gasteiger partial charge in [0.15, 0.2) is 15.8 Å². The highest BCUT2D eigenvalue weighted by atomic mass is 32.2. The largest absolute Gasteiger partial charge is 0.357 e. The average Bonchev–Trinajstić information content (AvgIpc) is 2.94. The van der Waals surface area contributed by atoms with Gasteiger partial charge in [-0.15, -0.1) is 0 Å². The Kier molecular flexibility index (Phi) is 5.24. The molecule has 100 valence electrons. The first-order valence-corrected chi connectivity index (χ1v) is 8.06. The summed E-state index contributed by atoms with van der Waals surface area (Å²) in [5, 5.41) is 6.41. The van der Waals surface area contributed by atoms with Crippen molar-refractivity contribution in [2.45, 2.75) is 33.2 Å². The fraction of sp³-hybridized carbons (Fsp3) is 0.909. The molecule has 1 saturated carbocycles. The molecule has 1 aliphatic carbocycles. The van der Waals surface area contributed by atoms with Crippen molar-refractivity contribution in [3.63, 3.8) is 0 Å². The number of hydrogen-bond acceptors (Lipinski definition) is 3. The zero-order chi connectivity index (χ0) is 12.9. The lowest BCUT2D eigenvalue weighted by Crippen LogP contribution is -2.39. The highest BCUT2D eigenvalue weighted by Crippen LogP contribution is 2.28. The molecule has 6 heteroatoms. The minimum absolute atomic E-state index is 0.125. The Labute approximate surface area is 104 Å². The van der Waals surface area contributed by atoms with Crippen LogP contribution in [0.15, 0.2) is 4.99 Å². The predicted molar refractivity (Wildman–Crippen MR) is 71.0 cm³/mol. The van der Waals surface area contributed by atoms with E-state index in [2.05, 4.69) is 22.5 Å². The standard InChI is InChI=1S/C11H23N3O2S/c1-4-12-11(14-10-8-9(10)3)13-6-7-17(15,16)5-2/h9-10H,4-8H2,1-3H3,(H2,12,13,14). The van der Waals surface area contributed by atoms with E-state index in [0.29, 0.717) is 18.5 Å². The fourth-order valence-electron chi connectivity index (χ4n) is 1.46. The second kappa shape index (κ2) is 6.23. The second-order valence-corrected chi connectivity index (χ2v) is 6.93. The van der Waals surface area contributed by atoms with Crippen molar-refractivity contribution in [1.29, 1.82) is 0 Å². The van der Waals surface area contributed by atoms with E-state index < -0.39 is 9.84 Å². The molecule has 0 aliphatic heterocycles. The molecule has 0 amide bonds. The molecule has 17 heavy (non-hydrogen) atoms. The number of nitrogens with one attached hydrogen (secondary N) is 2. The number of hydrogen-bond donors (Lipinski definition) is 2. The molecule has 1 rings (SSSR count). The molecule has 0 bridgehead atoms. The van der Waals surface area contributed by atoms with Gasteiger partial charge in [0.2, 0.25) is 0 Å². The summed E-state index contributed by atoms with van der Waals surface area (Å²) in [5.74, 6) is 1.73. The van der Waals surface area contributed by atoms with E-state index in [1.165, 1.54) is 0 Å². The lowest BCUT2D eigenvalue weighted by atomic mass is 10.5. The van der Waals surface area contributed by atoms with Gasteiger partial charge in [-0.2, -0.15) is 0 Å². The van der Waals surface area contributed by atoms with Crippen molar-refractivity contribution in [3.8, 4) is 0 Å². The van der Waals surface area contributed by atoms with Crippen molar-refractivity contribution in [3.05, 3.63) is 0 Å². The SMILES string of the molecule is CCNC(=NCCS(=O)(=O)CC)NC1CC1C. The van der Waals surface area contributed by atoms with Crippen molar-refractivity contribution in [2.24, 2.45) is 10.9 Å². The molecule has 1 fully saturated rings. The molecule has 0 aromatic carbocycles. The Hall–Kier alpha value is -0.780. The summed E-state index contributed by atoms with van der Waals surface area (Å²) in [6, 6.07) is 0.496. The summed E-state index contributed by atoms with van der Waals surface area (Å²) in [6.07, 6.45) is 1.16. The van der Waals surface area contributed by atoms with Crippen LogP contribution in [0.3, 0.4) is 0 Å². The van der Waals surface area contributed by atoms with Crippen LogP contribution in [-0.2, 0) is 9.84 Å². The zero-order valence-electron chi connectivity index (χ0n) is 10.9. The van der Waals surface area contributed by atoms with Gasteiger partial charge in [0.05, 0.1) is 12.3 Å². The fourth-order valence-corrected chi connectivity index (χ4v) is 2.12. The van der Waals surface area contributed by atoms with Crippen LogP contribution < -0.4 is 10.6 Å². The van der Waals surface area contributed by atoms with Crippen LogP contribution in [0.4, 0.5) is 0 Å². The van der Waals surface area contributed by atoms with Crippen LogP contribution in [0.5, 0.6) is 0 Å². The summed E-state index contributed by atoms with van der Waals surface area (Å²) < 4.78 is 22.6. The van der Waals surface area contributed by atoms with Gasteiger partial charge in [0, 0.05) is 18.3 Å². The zero-order valence-corrected chi connectivity index (χ0v) is 11.7. The Morgan fingerprint density at radius 3 is 2.53 bits per heavy atom. The minimum Gasteiger partial charge on any atom is -0.357 e. The summed E-state index contributed by atoms with van der Waals surface area (Å²) in [7, 11) is -2.92. The number of sulfone groups is 1. The van der Waals surface area contributed by atoms with Crippen molar-refractivity contribution in [1.82, 2.24) is 10.6 Å². The van der Waals surface area contributed by atoms with E-state index in [4.69, 9.17) is 0 Å². The molecule has 0 saturated heterocycles. The van der Waals surface area contributed by atoms with Gasteiger partial charge in [-0.25, -0.2) is 8.42 Å². The van der Waals surface area contributed by atoms with Gasteiger partial charge in [-0.3, -0.25) is 4.99 Å². The highest BCUT2D eigenvalue weighted by Gasteiger charge is 2.33. The van der Waals surface area contributed by atoms with Crippen LogP contribution in [0.1, 0.15) is 27.2 Å². The van der Waals surface area contributed by atoms with E-state index in [-0.39, 0.29) is 11.5 Å². The normalized spacial score (nSPS) is 24.5. The lowest BCUT2D eigenvalue weighted by molar-refractivity contribution is 0.597. The Balaban J connectivity index is 2.40. The van der Waals surface area contributed by atoms with Crippen LogP contribution in [0.2, 0.25) is 0 Å². The van der Waals surface area contributed by atoms with Crippen molar-refractivity contribution in [2.75, 3.05) is 24.6 Å². The molecule has 0 aromatic heterocycles. The first-order valence-electron chi connectivity index (χ1n) is 6.23. The minimum atomic E-state index is -2.92. The van der Waals surface area contributed by atoms with Crippen LogP contribution in [0, 0.1) is 5.92 Å². The maximum absolute atomic E-state index is 11.3. The third-order valence-electron chi connectivity index (χ3n) is 2.89. The number of guanidine groups is 1. The molecule has 2 N–H and O–H groups in total. The molecule has 0 spiro atoms. The third kappa shape index (κ3) is 5.39. The Bertz CT molecular complexity index is 365. The van der Waals surface area contributed by atoms with Crippen molar-refractivity contribution >= 4 is 15.8 Å². The van der Waals surface area contributed by atoms with Crippen LogP contribution >= 0.6 is 0 Å². The molecular weight excluding hydrogens is 238 g/mol. The quantitative estimate of drug-likeness (QED) is 0.536. The summed E-state index contributed by atoms with van der Waals surface area (Å²) >= 11 is 0. The molecule has 5 nitrogen and oxygen atoms in total. The summed E-state index contributed by atoms with van der Waals surface area (Å²) in [4.78, 5) is 4.28. The van der Waals surface area contributed by atoms with E-state index in [9.17, 15) is 8.42 Å². The third-order valence-corrected chi connectivity index (χ3v) is 4.57. The molecule has 0 radical (unpaired) electrons. The maximum atomic E-state index is 11.3. The molecule has 1 aliphatic rings. The van der Waals surface area contributed by atoms with Gasteiger partial charge >= 0.3 is 0 Å². The monoisotopic (exact) mass is 261 g/mol. The molecule has 0 heterocycles. The Morgan fingerprint density at radius 1 is 1.41 bits per heavy atom. The second-order valence-electron chi connectivity index (χ2n) is 4.46. The number of nitrogens with zero attached hydrogens (tertiary/aromatic N) is 1. The first-order chi connectivity index (χ1) is 7.98. The smallest absolute Gasteiger partial charge is 0.191 e. The van der Waals surface area contributed by atoms with E-state index in [0.717, 1.165) is 18.9 Å². The van der Waals surface area contributed by atoms with Gasteiger partial charge in [0.1, 0.15) is 0 Å².